The molecule has 136 valence electrons. The summed E-state index contributed by atoms with van der Waals surface area (Å²) in [6, 6.07) is 0. The van der Waals surface area contributed by atoms with E-state index in [4.69, 9.17) is 9.73 Å². The molecule has 0 bridgehead atoms. The first-order chi connectivity index (χ1) is 10.5. The van der Waals surface area contributed by atoms with Crippen LogP contribution < -0.4 is 10.6 Å². The second kappa shape index (κ2) is 9.39. The number of rotatable bonds is 7. The Balaban J connectivity index is 0.00000264. The van der Waals surface area contributed by atoms with Crippen LogP contribution in [0.3, 0.4) is 0 Å². The molecule has 1 saturated heterocycles. The zero-order valence-electron chi connectivity index (χ0n) is 14.7. The number of aliphatic hydroxyl groups is 1. The van der Waals surface area contributed by atoms with Crippen LogP contribution in [0, 0.1) is 5.41 Å². The van der Waals surface area contributed by atoms with Crippen LogP contribution >= 0.6 is 24.0 Å². The van der Waals surface area contributed by atoms with E-state index in [1.54, 1.807) is 0 Å². The van der Waals surface area contributed by atoms with Crippen LogP contribution in [-0.2, 0) is 4.74 Å². The molecule has 3 N–H and O–H groups in total. The highest BCUT2D eigenvalue weighted by Crippen LogP contribution is 2.44. The first-order valence-electron chi connectivity index (χ1n) is 8.47. The quantitative estimate of drug-likeness (QED) is 0.314. The van der Waals surface area contributed by atoms with E-state index in [1.807, 2.05) is 0 Å². The summed E-state index contributed by atoms with van der Waals surface area (Å²) in [4.78, 5) is 7.20. The minimum Gasteiger partial charge on any atom is -0.396 e. The average Bonchev–Trinajstić information content (AvgIpc) is 3.32. The maximum absolute atomic E-state index is 9.41. The normalized spacial score (nSPS) is 21.5. The second-order valence-corrected chi connectivity index (χ2v) is 7.12. The number of ether oxygens (including phenoxy) is 1. The molecule has 7 heteroatoms. The summed E-state index contributed by atoms with van der Waals surface area (Å²) >= 11 is 0. The van der Waals surface area contributed by atoms with Gasteiger partial charge in [0.2, 0.25) is 0 Å². The van der Waals surface area contributed by atoms with Gasteiger partial charge in [0.05, 0.1) is 26.4 Å². The molecule has 0 radical (unpaired) electrons. The van der Waals surface area contributed by atoms with Crippen LogP contribution in [0.25, 0.3) is 0 Å². The molecule has 1 saturated carbocycles. The number of guanidine groups is 1. The van der Waals surface area contributed by atoms with Gasteiger partial charge in [-0.2, -0.15) is 0 Å². The van der Waals surface area contributed by atoms with Crippen molar-refractivity contribution in [2.45, 2.75) is 39.2 Å². The molecule has 0 aromatic rings. The zero-order valence-corrected chi connectivity index (χ0v) is 17.1. The van der Waals surface area contributed by atoms with Crippen molar-refractivity contribution < 1.29 is 9.84 Å². The Labute approximate surface area is 157 Å². The SMILES string of the molecule is CCNC(=NCC(C)(C)N1CCOCC1)NCC1(CO)CC1.I. The summed E-state index contributed by atoms with van der Waals surface area (Å²) in [5, 5.41) is 16.1. The molecule has 2 fully saturated rings. The average molecular weight is 440 g/mol. The van der Waals surface area contributed by atoms with Gasteiger partial charge in [-0.25, -0.2) is 0 Å². The maximum Gasteiger partial charge on any atom is 0.191 e. The molecule has 23 heavy (non-hydrogen) atoms. The van der Waals surface area contributed by atoms with Gasteiger partial charge in [0, 0.05) is 37.1 Å². The summed E-state index contributed by atoms with van der Waals surface area (Å²) in [7, 11) is 0. The largest absolute Gasteiger partial charge is 0.396 e. The summed E-state index contributed by atoms with van der Waals surface area (Å²) in [5.74, 6) is 0.851. The number of morpholine rings is 1. The molecule has 1 heterocycles. The van der Waals surface area contributed by atoms with Crippen molar-refractivity contribution in [1.82, 2.24) is 15.5 Å². The summed E-state index contributed by atoms with van der Waals surface area (Å²) in [6.07, 6.45) is 2.21. The van der Waals surface area contributed by atoms with Crippen molar-refractivity contribution in [2.24, 2.45) is 10.4 Å². The Morgan fingerprint density at radius 3 is 2.43 bits per heavy atom. The van der Waals surface area contributed by atoms with Gasteiger partial charge in [0.15, 0.2) is 5.96 Å². The van der Waals surface area contributed by atoms with Crippen LogP contribution in [0.2, 0.25) is 0 Å². The molecule has 0 amide bonds. The van der Waals surface area contributed by atoms with E-state index in [0.717, 1.165) is 64.7 Å². The minimum absolute atomic E-state index is 0. The minimum atomic E-state index is 0. The molecule has 0 atom stereocenters. The standard InChI is InChI=1S/C16H32N4O2.HI/c1-4-17-14(19-12-16(13-21)5-6-16)18-11-15(2,3)20-7-9-22-10-8-20;/h21H,4-13H2,1-3H3,(H2,17,18,19);1H. The van der Waals surface area contributed by atoms with Crippen LogP contribution in [0.5, 0.6) is 0 Å². The summed E-state index contributed by atoms with van der Waals surface area (Å²) in [6.45, 7) is 12.8. The van der Waals surface area contributed by atoms with E-state index in [0.29, 0.717) is 0 Å². The highest BCUT2D eigenvalue weighted by molar-refractivity contribution is 14.0. The molecule has 0 spiro atoms. The third kappa shape index (κ3) is 6.36. The van der Waals surface area contributed by atoms with Gasteiger partial charge in [-0.3, -0.25) is 9.89 Å². The Morgan fingerprint density at radius 1 is 1.26 bits per heavy atom. The third-order valence-electron chi connectivity index (χ3n) is 4.76. The predicted octanol–water partition coefficient (Wildman–Crippen LogP) is 1.04. The van der Waals surface area contributed by atoms with Crippen molar-refractivity contribution >= 4 is 29.9 Å². The van der Waals surface area contributed by atoms with Gasteiger partial charge < -0.3 is 20.5 Å². The number of aliphatic imine (C=N–C) groups is 1. The van der Waals surface area contributed by atoms with Crippen molar-refractivity contribution in [3.05, 3.63) is 0 Å². The molecule has 2 aliphatic rings. The van der Waals surface area contributed by atoms with Gasteiger partial charge in [-0.15, -0.1) is 24.0 Å². The Bertz CT molecular complexity index is 380. The fourth-order valence-electron chi connectivity index (χ4n) is 2.72. The lowest BCUT2D eigenvalue weighted by molar-refractivity contribution is -0.00684. The van der Waals surface area contributed by atoms with E-state index in [1.165, 1.54) is 0 Å². The Morgan fingerprint density at radius 2 is 1.91 bits per heavy atom. The van der Waals surface area contributed by atoms with E-state index in [2.05, 4.69) is 36.3 Å². The van der Waals surface area contributed by atoms with Crippen molar-refractivity contribution in [3.63, 3.8) is 0 Å². The lowest BCUT2D eigenvalue weighted by Crippen LogP contribution is -2.52. The highest BCUT2D eigenvalue weighted by Gasteiger charge is 2.41. The lowest BCUT2D eigenvalue weighted by Gasteiger charge is -2.40. The number of hydrogen-bond acceptors (Lipinski definition) is 4. The molecule has 1 aliphatic heterocycles. The topological polar surface area (TPSA) is 69.1 Å². The molecule has 0 aromatic carbocycles. The van der Waals surface area contributed by atoms with Crippen molar-refractivity contribution in [1.29, 1.82) is 0 Å². The van der Waals surface area contributed by atoms with Crippen molar-refractivity contribution in [2.75, 3.05) is 52.5 Å². The highest BCUT2D eigenvalue weighted by atomic mass is 127. The fourth-order valence-corrected chi connectivity index (χ4v) is 2.72. The molecule has 2 rings (SSSR count). The third-order valence-corrected chi connectivity index (χ3v) is 4.76. The first-order valence-corrected chi connectivity index (χ1v) is 8.47. The van der Waals surface area contributed by atoms with Crippen LogP contribution in [0.15, 0.2) is 4.99 Å². The molecule has 0 aromatic heterocycles. The number of hydrogen-bond donors (Lipinski definition) is 3. The van der Waals surface area contributed by atoms with Crippen molar-refractivity contribution in [3.8, 4) is 0 Å². The van der Waals surface area contributed by atoms with Crippen LogP contribution in [-0.4, -0.2) is 74.0 Å². The van der Waals surface area contributed by atoms with E-state index >= 15 is 0 Å². The summed E-state index contributed by atoms with van der Waals surface area (Å²) < 4.78 is 5.43. The Hall–Kier alpha value is -0.120. The van der Waals surface area contributed by atoms with E-state index in [-0.39, 0.29) is 41.5 Å². The first kappa shape index (κ1) is 20.9. The van der Waals surface area contributed by atoms with Gasteiger partial charge >= 0.3 is 0 Å². The maximum atomic E-state index is 9.41. The Kier molecular flexibility index (Phi) is 8.54. The molecular formula is C16H33IN4O2. The molecule has 6 nitrogen and oxygen atoms in total. The van der Waals surface area contributed by atoms with Gasteiger partial charge in [-0.1, -0.05) is 0 Å². The fraction of sp³-hybridized carbons (Fsp3) is 0.938. The summed E-state index contributed by atoms with van der Waals surface area (Å²) in [5.41, 5.74) is 0.121. The second-order valence-electron chi connectivity index (χ2n) is 7.12. The predicted molar refractivity (Wildman–Crippen MR) is 105 cm³/mol. The van der Waals surface area contributed by atoms with Crippen LogP contribution in [0.1, 0.15) is 33.6 Å². The smallest absolute Gasteiger partial charge is 0.191 e. The number of halogens is 1. The van der Waals surface area contributed by atoms with Crippen LogP contribution in [0.4, 0.5) is 0 Å². The zero-order chi connectivity index (χ0) is 16.1. The van der Waals surface area contributed by atoms with E-state index < -0.39 is 0 Å². The lowest BCUT2D eigenvalue weighted by atomic mass is 10.0. The molecular weight excluding hydrogens is 407 g/mol. The van der Waals surface area contributed by atoms with E-state index in [9.17, 15) is 5.11 Å². The number of aliphatic hydroxyl groups excluding tert-OH is 1. The van der Waals surface area contributed by atoms with Gasteiger partial charge in [-0.05, 0) is 33.6 Å². The molecule has 0 unspecified atom stereocenters. The van der Waals surface area contributed by atoms with Gasteiger partial charge in [0.1, 0.15) is 0 Å². The van der Waals surface area contributed by atoms with Gasteiger partial charge in [0.25, 0.3) is 0 Å². The molecule has 1 aliphatic carbocycles. The monoisotopic (exact) mass is 440 g/mol. The number of nitrogens with one attached hydrogen (secondary N) is 2. The number of nitrogens with zero attached hydrogens (tertiary/aromatic N) is 2.